The predicted octanol–water partition coefficient (Wildman–Crippen LogP) is -1.64. The Labute approximate surface area is 94.6 Å². The second-order valence-corrected chi connectivity index (χ2v) is 5.08. The Balaban J connectivity index is 2.39. The molecule has 16 heavy (non-hydrogen) atoms. The minimum atomic E-state index is -1.38. The van der Waals surface area contributed by atoms with Crippen LogP contribution in [0.25, 0.3) is 0 Å². The second kappa shape index (κ2) is 3.39. The van der Waals surface area contributed by atoms with Gasteiger partial charge in [-0.25, -0.2) is 4.79 Å². The summed E-state index contributed by atoms with van der Waals surface area (Å²) < 4.78 is 5.02. The van der Waals surface area contributed by atoms with Crippen LogP contribution in [0.3, 0.4) is 0 Å². The summed E-state index contributed by atoms with van der Waals surface area (Å²) in [5, 5.41) is 19.9. The summed E-state index contributed by atoms with van der Waals surface area (Å²) in [6.07, 6.45) is -0.851. The van der Waals surface area contributed by atoms with E-state index < -0.39 is 28.9 Å². The Bertz CT molecular complexity index is 360. The quantitative estimate of drug-likeness (QED) is 0.411. The number of rotatable bonds is 3. The fraction of sp³-hybridized carbons (Fsp3) is 0.778. The number of carbonyl (C=O) groups is 2. The molecule has 5 atom stereocenters. The molecule has 0 aliphatic carbocycles. The van der Waals surface area contributed by atoms with E-state index >= 15 is 0 Å². The minimum Gasteiger partial charge on any atom is -0.449 e. The molecule has 2 saturated heterocycles. The average Bonchev–Trinajstić information content (AvgIpc) is 2.36. The van der Waals surface area contributed by atoms with Crippen LogP contribution >= 0.6 is 9.24 Å². The molecule has 2 aliphatic rings. The summed E-state index contributed by atoms with van der Waals surface area (Å²) in [5.74, 6) is -1.66. The van der Waals surface area contributed by atoms with Crippen LogP contribution in [0.1, 0.15) is 13.3 Å². The van der Waals surface area contributed by atoms with Crippen molar-refractivity contribution in [2.75, 3.05) is 6.61 Å². The van der Waals surface area contributed by atoms with Gasteiger partial charge in [-0.1, -0.05) is 9.24 Å². The van der Waals surface area contributed by atoms with Gasteiger partial charge in [-0.2, -0.15) is 0 Å². The molecule has 0 aromatic rings. The number of carbonyl (C=O) groups excluding carboxylic acids is 2. The van der Waals surface area contributed by atoms with E-state index in [1.54, 1.807) is 0 Å². The highest BCUT2D eigenvalue weighted by Crippen LogP contribution is 2.55. The van der Waals surface area contributed by atoms with Crippen LogP contribution in [-0.2, 0) is 14.3 Å². The molecule has 90 valence electrons. The molecule has 7 heteroatoms. The highest BCUT2D eigenvalue weighted by molar-refractivity contribution is 7.19. The van der Waals surface area contributed by atoms with Crippen LogP contribution in [-0.4, -0.2) is 45.7 Å². The predicted molar refractivity (Wildman–Crippen MR) is 56.3 cm³/mol. The monoisotopic (exact) mass is 247 g/mol. The fourth-order valence-electron chi connectivity index (χ4n) is 2.47. The number of hydrogen-bond acceptors (Lipinski definition) is 5. The third kappa shape index (κ3) is 1.07. The Morgan fingerprint density at radius 1 is 1.62 bits per heavy atom. The number of fused-ring (bicyclic) bond motifs is 1. The van der Waals surface area contributed by atoms with Gasteiger partial charge in [-0.3, -0.25) is 4.79 Å². The molecule has 1 amide bonds. The van der Waals surface area contributed by atoms with Crippen LogP contribution in [0.2, 0.25) is 0 Å². The van der Waals surface area contributed by atoms with E-state index in [-0.39, 0.29) is 18.9 Å². The molecule has 0 aromatic heterocycles. The van der Waals surface area contributed by atoms with Crippen LogP contribution in [0.4, 0.5) is 0 Å². The van der Waals surface area contributed by atoms with Crippen molar-refractivity contribution >= 4 is 21.1 Å². The lowest BCUT2D eigenvalue weighted by Crippen LogP contribution is -2.77. The van der Waals surface area contributed by atoms with E-state index in [4.69, 9.17) is 9.84 Å². The van der Waals surface area contributed by atoms with Gasteiger partial charge in [0, 0.05) is 6.61 Å². The first-order valence-corrected chi connectivity index (χ1v) is 5.61. The first-order valence-electron chi connectivity index (χ1n) is 5.03. The van der Waals surface area contributed by atoms with E-state index in [1.807, 2.05) is 0 Å². The van der Waals surface area contributed by atoms with Crippen molar-refractivity contribution in [3.63, 3.8) is 0 Å². The molecule has 2 aliphatic heterocycles. The highest BCUT2D eigenvalue weighted by Gasteiger charge is 2.78. The Hall–Kier alpha value is -0.710. The Morgan fingerprint density at radius 3 is 2.62 bits per heavy atom. The van der Waals surface area contributed by atoms with Crippen molar-refractivity contribution in [1.29, 1.82) is 0 Å². The Kier molecular flexibility index (Phi) is 2.49. The van der Waals surface area contributed by atoms with Crippen molar-refractivity contribution in [3.05, 3.63) is 0 Å². The first-order chi connectivity index (χ1) is 7.40. The van der Waals surface area contributed by atoms with E-state index in [0.29, 0.717) is 0 Å². The van der Waals surface area contributed by atoms with Crippen LogP contribution < -0.4 is 5.32 Å². The molecule has 0 aromatic carbocycles. The summed E-state index contributed by atoms with van der Waals surface area (Å²) in [4.78, 5) is 23.2. The second-order valence-electron chi connectivity index (χ2n) is 4.22. The smallest absolute Gasteiger partial charge is 0.340 e. The third-order valence-corrected chi connectivity index (χ3v) is 4.37. The lowest BCUT2D eigenvalue weighted by atomic mass is 9.78. The zero-order valence-corrected chi connectivity index (χ0v) is 9.92. The van der Waals surface area contributed by atoms with Crippen LogP contribution in [0.15, 0.2) is 0 Å². The van der Waals surface area contributed by atoms with Gasteiger partial charge in [0.25, 0.3) is 0 Å². The maximum Gasteiger partial charge on any atom is 0.340 e. The molecule has 0 saturated carbocycles. The van der Waals surface area contributed by atoms with E-state index in [1.165, 1.54) is 6.92 Å². The molecule has 0 spiro atoms. The van der Waals surface area contributed by atoms with Gasteiger partial charge in [-0.15, -0.1) is 0 Å². The molecule has 6 nitrogen and oxygen atoms in total. The standard InChI is InChI=1S/C9H14NO5P/c1-4(12)8-7(14)15-9(8,16)5(2-3-11)6(13)10-8/h4-5,11-12H,2-3,16H2,1H3,(H,10,13). The summed E-state index contributed by atoms with van der Waals surface area (Å²) in [6, 6.07) is 0. The molecule has 2 heterocycles. The molecule has 2 rings (SSSR count). The number of amides is 1. The lowest BCUT2D eigenvalue weighted by Gasteiger charge is -2.52. The van der Waals surface area contributed by atoms with E-state index in [2.05, 4.69) is 14.6 Å². The Morgan fingerprint density at radius 2 is 2.25 bits per heavy atom. The van der Waals surface area contributed by atoms with Crippen molar-refractivity contribution in [1.82, 2.24) is 5.32 Å². The molecule has 0 bridgehead atoms. The summed E-state index contributed by atoms with van der Waals surface area (Å²) in [5.41, 5.74) is -1.38. The van der Waals surface area contributed by atoms with Gasteiger partial charge in [0.1, 0.15) is 0 Å². The van der Waals surface area contributed by atoms with Gasteiger partial charge in [0.15, 0.2) is 5.34 Å². The normalized spacial score (nSPS) is 43.1. The van der Waals surface area contributed by atoms with Crippen molar-refractivity contribution in [2.24, 2.45) is 5.92 Å². The average molecular weight is 247 g/mol. The number of aliphatic hydroxyl groups is 2. The third-order valence-electron chi connectivity index (χ3n) is 3.40. The molecule has 0 radical (unpaired) electrons. The van der Waals surface area contributed by atoms with Crippen LogP contribution in [0, 0.1) is 5.92 Å². The van der Waals surface area contributed by atoms with E-state index in [0.717, 1.165) is 0 Å². The fourth-order valence-corrected chi connectivity index (χ4v) is 3.33. The zero-order chi connectivity index (χ0) is 12.1. The molecular formula is C9H14NO5P. The number of esters is 1. The number of aliphatic hydroxyl groups excluding tert-OH is 2. The molecule has 2 fully saturated rings. The zero-order valence-electron chi connectivity index (χ0n) is 8.77. The van der Waals surface area contributed by atoms with Gasteiger partial charge in [-0.05, 0) is 13.3 Å². The van der Waals surface area contributed by atoms with Gasteiger partial charge in [0.05, 0.1) is 12.0 Å². The van der Waals surface area contributed by atoms with Crippen LogP contribution in [0.5, 0.6) is 0 Å². The summed E-state index contributed by atoms with van der Waals surface area (Å²) in [7, 11) is 2.32. The van der Waals surface area contributed by atoms with Gasteiger partial charge >= 0.3 is 5.97 Å². The SMILES string of the molecule is CC(O)C12NC(=O)C(CCO)C1(P)OC2=O. The van der Waals surface area contributed by atoms with Crippen molar-refractivity contribution < 1.29 is 24.5 Å². The summed E-state index contributed by atoms with van der Waals surface area (Å²) >= 11 is 0. The number of nitrogens with one attached hydrogen (secondary N) is 1. The maximum absolute atomic E-state index is 11.7. The molecular weight excluding hydrogens is 233 g/mol. The van der Waals surface area contributed by atoms with Gasteiger partial charge in [0.2, 0.25) is 11.4 Å². The minimum absolute atomic E-state index is 0.179. The van der Waals surface area contributed by atoms with E-state index in [9.17, 15) is 14.7 Å². The molecule has 3 N–H and O–H groups in total. The lowest BCUT2D eigenvalue weighted by molar-refractivity contribution is -0.213. The number of hydrogen-bond donors (Lipinski definition) is 3. The summed E-state index contributed by atoms with van der Waals surface area (Å²) in [6.45, 7) is 1.25. The largest absolute Gasteiger partial charge is 0.449 e. The topological polar surface area (TPSA) is 95.9 Å². The highest BCUT2D eigenvalue weighted by atomic mass is 31.0. The first kappa shape index (κ1) is 11.8. The molecule has 5 unspecified atom stereocenters. The number of ether oxygens (including phenoxy) is 1. The maximum atomic E-state index is 11.7. The van der Waals surface area contributed by atoms with Gasteiger partial charge < -0.3 is 20.3 Å². The van der Waals surface area contributed by atoms with Crippen molar-refractivity contribution in [3.8, 4) is 0 Å². The van der Waals surface area contributed by atoms with Crippen molar-refractivity contribution in [2.45, 2.75) is 30.3 Å².